The van der Waals surface area contributed by atoms with Crippen LogP contribution in [0.25, 0.3) is 11.2 Å². The van der Waals surface area contributed by atoms with Crippen LogP contribution in [-0.4, -0.2) is 62.1 Å². The summed E-state index contributed by atoms with van der Waals surface area (Å²) in [5.41, 5.74) is 1.14. The molecule has 2 saturated heterocycles. The van der Waals surface area contributed by atoms with Gasteiger partial charge in [-0.1, -0.05) is 13.3 Å². The van der Waals surface area contributed by atoms with Crippen LogP contribution in [0, 0.1) is 0 Å². The van der Waals surface area contributed by atoms with E-state index in [4.69, 9.17) is 14.2 Å². The third kappa shape index (κ3) is 4.97. The minimum absolute atomic E-state index is 0.108. The SMILES string of the molecule is CC[C@H]1O[C@@H](n2cnc3c(NCCCCCC(=O)C(F)(F)F)ncnc32)[C@H]2OC(C)(C)OC12. The summed E-state index contributed by atoms with van der Waals surface area (Å²) in [6, 6.07) is 0. The van der Waals surface area contributed by atoms with Crippen molar-refractivity contribution in [2.75, 3.05) is 11.9 Å². The van der Waals surface area contributed by atoms with Crippen LogP contribution < -0.4 is 5.32 Å². The molecule has 4 heterocycles. The van der Waals surface area contributed by atoms with Crippen LogP contribution in [0.3, 0.4) is 0 Å². The van der Waals surface area contributed by atoms with Gasteiger partial charge in [-0.05, 0) is 33.1 Å². The van der Waals surface area contributed by atoms with Crippen molar-refractivity contribution in [2.45, 2.75) is 89.4 Å². The quantitative estimate of drug-likeness (QED) is 0.552. The zero-order valence-corrected chi connectivity index (χ0v) is 18.8. The van der Waals surface area contributed by atoms with Crippen molar-refractivity contribution in [3.05, 3.63) is 12.7 Å². The number of halogens is 3. The van der Waals surface area contributed by atoms with Crippen LogP contribution in [0.2, 0.25) is 0 Å². The molecule has 0 aliphatic carbocycles. The average molecular weight is 471 g/mol. The molecule has 12 heteroatoms. The molecule has 2 aliphatic heterocycles. The highest BCUT2D eigenvalue weighted by Gasteiger charge is 2.55. The first-order valence-electron chi connectivity index (χ1n) is 11.1. The number of carbonyl (C=O) groups excluding carboxylic acids is 1. The summed E-state index contributed by atoms with van der Waals surface area (Å²) < 4.78 is 57.0. The topological polar surface area (TPSA) is 100 Å². The summed E-state index contributed by atoms with van der Waals surface area (Å²) in [5.74, 6) is -1.86. The van der Waals surface area contributed by atoms with E-state index >= 15 is 0 Å². The third-order valence-corrected chi connectivity index (χ3v) is 5.85. The molecule has 0 aromatic carbocycles. The Morgan fingerprint density at radius 2 is 1.91 bits per heavy atom. The molecule has 0 spiro atoms. The Balaban J connectivity index is 1.39. The van der Waals surface area contributed by atoms with Crippen molar-refractivity contribution in [3.63, 3.8) is 0 Å². The number of carbonyl (C=O) groups is 1. The number of ketones is 1. The molecule has 182 valence electrons. The zero-order chi connectivity index (χ0) is 23.8. The number of alkyl halides is 3. The maximum atomic E-state index is 12.3. The normalized spacial score (nSPS) is 26.6. The number of anilines is 1. The standard InChI is InChI=1S/C21H28F3N5O4/c1-4-12-15-16(33-20(2,3)32-15)19(31-12)29-11-28-14-17(26-10-27-18(14)29)25-9-7-5-6-8-13(30)21(22,23)24/h10-12,15-16,19H,4-9H2,1-3H3,(H,25,26,27)/t12-,15?,16+,19-/m1/s1. The number of unbranched alkanes of at least 4 members (excludes halogenated alkanes) is 2. The number of nitrogens with one attached hydrogen (secondary N) is 1. The fourth-order valence-electron chi connectivity index (χ4n) is 4.31. The molecule has 0 radical (unpaired) electrons. The molecule has 1 unspecified atom stereocenters. The van der Waals surface area contributed by atoms with Crippen molar-refractivity contribution >= 4 is 22.8 Å². The summed E-state index contributed by atoms with van der Waals surface area (Å²) >= 11 is 0. The van der Waals surface area contributed by atoms with E-state index in [9.17, 15) is 18.0 Å². The largest absolute Gasteiger partial charge is 0.449 e. The molecule has 0 bridgehead atoms. The number of Topliss-reactive ketones (excluding diaryl/α,β-unsaturated/α-hetero) is 1. The number of hydrogen-bond acceptors (Lipinski definition) is 8. The number of fused-ring (bicyclic) bond motifs is 2. The van der Waals surface area contributed by atoms with Gasteiger partial charge in [-0.25, -0.2) is 15.0 Å². The Morgan fingerprint density at radius 1 is 1.15 bits per heavy atom. The molecule has 33 heavy (non-hydrogen) atoms. The van der Waals surface area contributed by atoms with Gasteiger partial charge in [0.25, 0.3) is 0 Å². The van der Waals surface area contributed by atoms with E-state index in [2.05, 4.69) is 20.3 Å². The zero-order valence-electron chi connectivity index (χ0n) is 18.8. The molecule has 0 amide bonds. The average Bonchev–Trinajstić information content (AvgIpc) is 3.40. The molecule has 9 nitrogen and oxygen atoms in total. The van der Waals surface area contributed by atoms with Crippen LogP contribution in [0.15, 0.2) is 12.7 Å². The Bertz CT molecular complexity index is 996. The predicted octanol–water partition coefficient (Wildman–Crippen LogP) is 3.76. The van der Waals surface area contributed by atoms with Crippen molar-refractivity contribution in [1.82, 2.24) is 19.5 Å². The van der Waals surface area contributed by atoms with Gasteiger partial charge >= 0.3 is 6.18 Å². The maximum absolute atomic E-state index is 12.3. The van der Waals surface area contributed by atoms with Crippen LogP contribution in [0.1, 0.15) is 59.1 Å². The first-order chi connectivity index (χ1) is 15.6. The number of imidazole rings is 1. The van der Waals surface area contributed by atoms with Crippen LogP contribution in [-0.2, 0) is 19.0 Å². The summed E-state index contributed by atoms with van der Waals surface area (Å²) in [4.78, 5) is 24.0. The second-order valence-electron chi connectivity index (χ2n) is 8.74. The van der Waals surface area contributed by atoms with E-state index < -0.39 is 30.4 Å². The van der Waals surface area contributed by atoms with Crippen LogP contribution in [0.5, 0.6) is 0 Å². The fraction of sp³-hybridized carbons (Fsp3) is 0.714. The predicted molar refractivity (Wildman–Crippen MR) is 111 cm³/mol. The highest BCUT2D eigenvalue weighted by molar-refractivity contribution is 5.84. The molecular formula is C21H28F3N5O4. The molecule has 0 saturated carbocycles. The van der Waals surface area contributed by atoms with E-state index in [1.54, 1.807) is 6.33 Å². The van der Waals surface area contributed by atoms with E-state index in [0.717, 1.165) is 6.42 Å². The van der Waals surface area contributed by atoms with Crippen LogP contribution >= 0.6 is 0 Å². The first-order valence-corrected chi connectivity index (χ1v) is 11.1. The first kappa shape index (κ1) is 23.8. The lowest BCUT2D eigenvalue weighted by molar-refractivity contribution is -0.196. The van der Waals surface area contributed by atoms with Crippen molar-refractivity contribution in [2.24, 2.45) is 0 Å². The lowest BCUT2D eigenvalue weighted by Gasteiger charge is -2.24. The number of rotatable bonds is 9. The van der Waals surface area contributed by atoms with E-state index in [0.29, 0.717) is 36.4 Å². The van der Waals surface area contributed by atoms with Gasteiger partial charge in [-0.2, -0.15) is 13.2 Å². The molecule has 1 N–H and O–H groups in total. The lowest BCUT2D eigenvalue weighted by atomic mass is 10.1. The fourth-order valence-corrected chi connectivity index (χ4v) is 4.31. The van der Waals surface area contributed by atoms with Gasteiger partial charge in [0.1, 0.15) is 18.5 Å². The summed E-state index contributed by atoms with van der Waals surface area (Å²) in [6.07, 6.45) is -1.18. The van der Waals surface area contributed by atoms with E-state index in [-0.39, 0.29) is 24.7 Å². The summed E-state index contributed by atoms with van der Waals surface area (Å²) in [6.45, 7) is 6.27. The minimum atomic E-state index is -4.75. The van der Waals surface area contributed by atoms with Gasteiger partial charge in [0.2, 0.25) is 5.78 Å². The number of aromatic nitrogens is 4. The highest BCUT2D eigenvalue weighted by atomic mass is 19.4. The minimum Gasteiger partial charge on any atom is -0.368 e. The van der Waals surface area contributed by atoms with Crippen LogP contribution in [0.4, 0.5) is 19.0 Å². The Morgan fingerprint density at radius 3 is 2.64 bits per heavy atom. The molecule has 2 aromatic rings. The van der Waals surface area contributed by atoms with Crippen molar-refractivity contribution < 1.29 is 32.2 Å². The number of ether oxygens (including phenoxy) is 3. The van der Waals surface area contributed by atoms with Gasteiger partial charge in [-0.3, -0.25) is 9.36 Å². The molecular weight excluding hydrogens is 443 g/mol. The summed E-state index contributed by atoms with van der Waals surface area (Å²) in [7, 11) is 0. The molecule has 2 fully saturated rings. The monoisotopic (exact) mass is 471 g/mol. The Labute approximate surface area is 189 Å². The maximum Gasteiger partial charge on any atom is 0.449 e. The lowest BCUT2D eigenvalue weighted by Crippen LogP contribution is -2.28. The summed E-state index contributed by atoms with van der Waals surface area (Å²) in [5, 5.41) is 3.16. The smallest absolute Gasteiger partial charge is 0.368 e. The number of hydrogen-bond donors (Lipinski definition) is 1. The van der Waals surface area contributed by atoms with E-state index in [1.807, 2.05) is 25.3 Å². The second kappa shape index (κ2) is 9.15. The van der Waals surface area contributed by atoms with Gasteiger partial charge in [0, 0.05) is 13.0 Å². The third-order valence-electron chi connectivity index (χ3n) is 5.85. The molecule has 4 rings (SSSR count). The Hall–Kier alpha value is -2.31. The number of nitrogens with zero attached hydrogens (tertiary/aromatic N) is 4. The molecule has 2 aromatic heterocycles. The highest BCUT2D eigenvalue weighted by Crippen LogP contribution is 2.44. The second-order valence-corrected chi connectivity index (χ2v) is 8.74. The molecule has 2 aliphatic rings. The van der Waals surface area contributed by atoms with E-state index in [1.165, 1.54) is 6.33 Å². The van der Waals surface area contributed by atoms with Crippen molar-refractivity contribution in [1.29, 1.82) is 0 Å². The Kier molecular flexibility index (Phi) is 6.61. The van der Waals surface area contributed by atoms with Gasteiger partial charge < -0.3 is 19.5 Å². The van der Waals surface area contributed by atoms with Gasteiger partial charge in [0.05, 0.1) is 12.4 Å². The molecule has 4 atom stereocenters. The van der Waals surface area contributed by atoms with Gasteiger partial charge in [-0.15, -0.1) is 0 Å². The van der Waals surface area contributed by atoms with Crippen molar-refractivity contribution in [3.8, 4) is 0 Å². The van der Waals surface area contributed by atoms with Gasteiger partial charge in [0.15, 0.2) is 29.0 Å².